The fraction of sp³-hybridized carbons (Fsp3) is 0.304. The molecule has 0 saturated carbocycles. The highest BCUT2D eigenvalue weighted by Gasteiger charge is 2.28. The number of carbonyl (C=O) groups excluding carboxylic acids is 1. The number of amides is 1. The lowest BCUT2D eigenvalue weighted by molar-refractivity contribution is -0.120. The number of nitrogens with one attached hydrogen (secondary N) is 1. The van der Waals surface area contributed by atoms with Gasteiger partial charge in [-0.15, -0.1) is 0 Å². The maximum atomic E-state index is 14.6. The number of rotatable bonds is 6. The van der Waals surface area contributed by atoms with Crippen molar-refractivity contribution in [2.45, 2.75) is 25.3 Å². The fourth-order valence-electron chi connectivity index (χ4n) is 4.05. The summed E-state index contributed by atoms with van der Waals surface area (Å²) in [6.07, 6.45) is 4.09. The van der Waals surface area contributed by atoms with E-state index < -0.39 is 0 Å². The largest absolute Gasteiger partial charge is 0.354 e. The van der Waals surface area contributed by atoms with Crippen molar-refractivity contribution in [1.29, 1.82) is 0 Å². The Balaban J connectivity index is 1.50. The molecule has 1 aliphatic heterocycles. The number of likely N-dealkylation sites (tertiary alicyclic amines) is 1. The Morgan fingerprint density at radius 1 is 1.14 bits per heavy atom. The van der Waals surface area contributed by atoms with Crippen LogP contribution in [0.1, 0.15) is 30.0 Å². The molecular formula is C23H23ClFN3O. The Bertz CT molecular complexity index is 994. The standard InChI is InChI=1S/C23H23ClFN3O/c24-18-9-4-10-19(25)22(18)20(28-12-1-2-13-28)15-27-21(29)14-17-7-3-6-16-8-5-11-26-23(16)17/h3-11,20H,1-2,12-15H2,(H,27,29). The first kappa shape index (κ1) is 19.8. The van der Waals surface area contributed by atoms with Crippen LogP contribution in [0.15, 0.2) is 54.7 Å². The summed E-state index contributed by atoms with van der Waals surface area (Å²) >= 11 is 6.33. The van der Waals surface area contributed by atoms with Crippen molar-refractivity contribution in [3.63, 3.8) is 0 Å². The highest BCUT2D eigenvalue weighted by atomic mass is 35.5. The zero-order valence-electron chi connectivity index (χ0n) is 16.1. The summed E-state index contributed by atoms with van der Waals surface area (Å²) in [6, 6.07) is 14.1. The molecule has 29 heavy (non-hydrogen) atoms. The predicted octanol–water partition coefficient (Wildman–Crippen LogP) is 4.52. The summed E-state index contributed by atoms with van der Waals surface area (Å²) in [5.41, 5.74) is 2.17. The van der Waals surface area contributed by atoms with Gasteiger partial charge in [-0.25, -0.2) is 4.39 Å². The van der Waals surface area contributed by atoms with Crippen LogP contribution in [-0.4, -0.2) is 35.4 Å². The van der Waals surface area contributed by atoms with E-state index in [9.17, 15) is 9.18 Å². The molecule has 6 heteroatoms. The number of para-hydroxylation sites is 1. The second-order valence-corrected chi connectivity index (χ2v) is 7.77. The molecule has 3 aromatic rings. The molecule has 2 aromatic carbocycles. The zero-order valence-corrected chi connectivity index (χ0v) is 16.8. The monoisotopic (exact) mass is 411 g/mol. The molecular weight excluding hydrogens is 389 g/mol. The molecule has 1 aromatic heterocycles. The molecule has 4 nitrogen and oxygen atoms in total. The summed E-state index contributed by atoms with van der Waals surface area (Å²) in [6.45, 7) is 2.06. The molecule has 2 heterocycles. The van der Waals surface area contributed by atoms with E-state index in [0.29, 0.717) is 17.1 Å². The average Bonchev–Trinajstić information content (AvgIpc) is 3.25. The highest BCUT2D eigenvalue weighted by Crippen LogP contribution is 2.32. The first-order valence-corrected chi connectivity index (χ1v) is 10.3. The molecule has 1 saturated heterocycles. The maximum Gasteiger partial charge on any atom is 0.224 e. The molecule has 4 rings (SSSR count). The highest BCUT2D eigenvalue weighted by molar-refractivity contribution is 6.31. The van der Waals surface area contributed by atoms with Gasteiger partial charge in [-0.3, -0.25) is 14.7 Å². The lowest BCUT2D eigenvalue weighted by Gasteiger charge is -2.29. The van der Waals surface area contributed by atoms with Gasteiger partial charge < -0.3 is 5.32 Å². The number of fused-ring (bicyclic) bond motifs is 1. The summed E-state index contributed by atoms with van der Waals surface area (Å²) in [5, 5.41) is 4.40. The number of pyridine rings is 1. The number of nitrogens with zero attached hydrogens (tertiary/aromatic N) is 2. The van der Waals surface area contributed by atoms with Gasteiger partial charge in [0, 0.05) is 28.7 Å². The number of hydrogen-bond donors (Lipinski definition) is 1. The number of aromatic nitrogens is 1. The van der Waals surface area contributed by atoms with Crippen LogP contribution in [0.2, 0.25) is 5.02 Å². The quantitative estimate of drug-likeness (QED) is 0.648. The normalized spacial score (nSPS) is 15.5. The lowest BCUT2D eigenvalue weighted by Crippen LogP contribution is -2.38. The molecule has 0 radical (unpaired) electrons. The average molecular weight is 412 g/mol. The molecule has 150 valence electrons. The minimum atomic E-state index is -0.332. The van der Waals surface area contributed by atoms with Crippen LogP contribution < -0.4 is 5.32 Å². The molecule has 0 bridgehead atoms. The van der Waals surface area contributed by atoms with Crippen LogP contribution in [-0.2, 0) is 11.2 Å². The van der Waals surface area contributed by atoms with Gasteiger partial charge in [0.25, 0.3) is 0 Å². The molecule has 1 unspecified atom stereocenters. The Labute approximate surface area is 174 Å². The zero-order chi connectivity index (χ0) is 20.2. The van der Waals surface area contributed by atoms with E-state index in [-0.39, 0.29) is 24.2 Å². The topological polar surface area (TPSA) is 45.2 Å². The first-order chi connectivity index (χ1) is 14.1. The van der Waals surface area contributed by atoms with Crippen LogP contribution in [0.5, 0.6) is 0 Å². The smallest absolute Gasteiger partial charge is 0.224 e. The molecule has 1 aliphatic rings. The summed E-state index contributed by atoms with van der Waals surface area (Å²) in [4.78, 5) is 19.3. The van der Waals surface area contributed by atoms with E-state index in [1.165, 1.54) is 6.07 Å². The lowest BCUT2D eigenvalue weighted by atomic mass is 10.0. The number of halogens is 2. The van der Waals surface area contributed by atoms with Crippen molar-refractivity contribution in [3.05, 3.63) is 76.7 Å². The second-order valence-electron chi connectivity index (χ2n) is 7.37. The van der Waals surface area contributed by atoms with Gasteiger partial charge in [0.05, 0.1) is 18.0 Å². The molecule has 1 fully saturated rings. The molecule has 1 N–H and O–H groups in total. The van der Waals surface area contributed by atoms with Crippen molar-refractivity contribution in [1.82, 2.24) is 15.2 Å². The first-order valence-electron chi connectivity index (χ1n) is 9.91. The van der Waals surface area contributed by atoms with Crippen molar-refractivity contribution >= 4 is 28.4 Å². The van der Waals surface area contributed by atoms with E-state index in [0.717, 1.165) is 42.4 Å². The third kappa shape index (κ3) is 4.41. The minimum Gasteiger partial charge on any atom is -0.354 e. The SMILES string of the molecule is O=C(Cc1cccc2cccnc12)NCC(c1c(F)cccc1Cl)N1CCCC1. The van der Waals surface area contributed by atoms with E-state index in [2.05, 4.69) is 15.2 Å². The summed E-state index contributed by atoms with van der Waals surface area (Å²) in [5.74, 6) is -0.443. The van der Waals surface area contributed by atoms with Crippen LogP contribution in [0.3, 0.4) is 0 Å². The van der Waals surface area contributed by atoms with Crippen LogP contribution in [0.25, 0.3) is 10.9 Å². The molecule has 0 aliphatic carbocycles. The van der Waals surface area contributed by atoms with Crippen molar-refractivity contribution < 1.29 is 9.18 Å². The van der Waals surface area contributed by atoms with Gasteiger partial charge in [-0.2, -0.15) is 0 Å². The fourth-order valence-corrected chi connectivity index (χ4v) is 4.34. The Kier molecular flexibility index (Phi) is 6.07. The van der Waals surface area contributed by atoms with E-state index in [4.69, 9.17) is 11.6 Å². The summed E-state index contributed by atoms with van der Waals surface area (Å²) in [7, 11) is 0. The number of benzene rings is 2. The Morgan fingerprint density at radius 3 is 2.69 bits per heavy atom. The Hall–Kier alpha value is -2.50. The Morgan fingerprint density at radius 2 is 1.90 bits per heavy atom. The van der Waals surface area contributed by atoms with Gasteiger partial charge in [0.2, 0.25) is 5.91 Å². The maximum absolute atomic E-state index is 14.6. The van der Waals surface area contributed by atoms with Crippen LogP contribution in [0.4, 0.5) is 4.39 Å². The summed E-state index contributed by atoms with van der Waals surface area (Å²) < 4.78 is 14.6. The molecule has 0 spiro atoms. The minimum absolute atomic E-state index is 0.111. The molecule has 1 atom stereocenters. The number of carbonyl (C=O) groups is 1. The van der Waals surface area contributed by atoms with Crippen LogP contribution >= 0.6 is 11.6 Å². The van der Waals surface area contributed by atoms with Gasteiger partial charge in [-0.1, -0.05) is 41.9 Å². The van der Waals surface area contributed by atoms with Gasteiger partial charge in [-0.05, 0) is 49.7 Å². The van der Waals surface area contributed by atoms with E-state index in [1.54, 1.807) is 18.3 Å². The van der Waals surface area contributed by atoms with E-state index in [1.807, 2.05) is 30.3 Å². The van der Waals surface area contributed by atoms with Gasteiger partial charge in [0.1, 0.15) is 5.82 Å². The van der Waals surface area contributed by atoms with Crippen molar-refractivity contribution in [3.8, 4) is 0 Å². The van der Waals surface area contributed by atoms with Crippen LogP contribution in [0, 0.1) is 5.82 Å². The van der Waals surface area contributed by atoms with Gasteiger partial charge >= 0.3 is 0 Å². The van der Waals surface area contributed by atoms with Gasteiger partial charge in [0.15, 0.2) is 0 Å². The van der Waals surface area contributed by atoms with Crippen molar-refractivity contribution in [2.75, 3.05) is 19.6 Å². The predicted molar refractivity (Wildman–Crippen MR) is 113 cm³/mol. The number of hydrogen-bond acceptors (Lipinski definition) is 3. The van der Waals surface area contributed by atoms with Crippen molar-refractivity contribution in [2.24, 2.45) is 0 Å². The van der Waals surface area contributed by atoms with E-state index >= 15 is 0 Å². The third-order valence-corrected chi connectivity index (χ3v) is 5.80. The second kappa shape index (κ2) is 8.89. The molecule has 1 amide bonds. The third-order valence-electron chi connectivity index (χ3n) is 5.47.